The van der Waals surface area contributed by atoms with E-state index in [4.69, 9.17) is 0 Å². The second-order valence-electron chi connectivity index (χ2n) is 8.91. The van der Waals surface area contributed by atoms with Crippen LogP contribution in [0.2, 0.25) is 0 Å². The molecule has 1 unspecified atom stereocenters. The third-order valence-electron chi connectivity index (χ3n) is 6.49. The highest BCUT2D eigenvalue weighted by atomic mass is 16.2. The zero-order valence-electron chi connectivity index (χ0n) is 17.9. The van der Waals surface area contributed by atoms with Gasteiger partial charge >= 0.3 is 0 Å². The molecule has 6 nitrogen and oxygen atoms in total. The van der Waals surface area contributed by atoms with Crippen LogP contribution in [-0.2, 0) is 11.3 Å². The number of fused-ring (bicyclic) bond motifs is 1. The van der Waals surface area contributed by atoms with Gasteiger partial charge in [0, 0.05) is 30.8 Å². The van der Waals surface area contributed by atoms with Crippen LogP contribution >= 0.6 is 0 Å². The van der Waals surface area contributed by atoms with Crippen molar-refractivity contribution < 1.29 is 9.59 Å². The summed E-state index contributed by atoms with van der Waals surface area (Å²) in [5, 5.41) is 9.57. The van der Waals surface area contributed by atoms with Gasteiger partial charge in [-0.2, -0.15) is 5.10 Å². The fraction of sp³-hybridized carbons (Fsp3) is 0.400. The fourth-order valence-corrected chi connectivity index (χ4v) is 4.50. The SMILES string of the molecule is Cc1cnn(CC2CC2)c1NC(=O)C1CCCN(C(=O)c2cccc3ccccc23)C1. The van der Waals surface area contributed by atoms with Gasteiger partial charge in [-0.15, -0.1) is 0 Å². The second-order valence-corrected chi connectivity index (χ2v) is 8.91. The quantitative estimate of drug-likeness (QED) is 0.676. The molecular weight excluding hydrogens is 388 g/mol. The molecule has 2 fully saturated rings. The number of hydrogen-bond donors (Lipinski definition) is 1. The Hall–Kier alpha value is -3.15. The van der Waals surface area contributed by atoms with Gasteiger partial charge in [0.15, 0.2) is 0 Å². The highest BCUT2D eigenvalue weighted by Crippen LogP contribution is 2.32. The predicted octanol–water partition coefficient (Wildman–Crippen LogP) is 4.25. The van der Waals surface area contributed by atoms with E-state index < -0.39 is 0 Å². The molecule has 1 saturated carbocycles. The Morgan fingerprint density at radius 3 is 2.74 bits per heavy atom. The molecule has 160 valence electrons. The van der Waals surface area contributed by atoms with E-state index in [1.165, 1.54) is 12.8 Å². The molecule has 1 saturated heterocycles. The monoisotopic (exact) mass is 416 g/mol. The molecule has 1 aromatic heterocycles. The van der Waals surface area contributed by atoms with Crippen molar-refractivity contribution in [1.29, 1.82) is 0 Å². The van der Waals surface area contributed by atoms with Crippen LogP contribution in [0.3, 0.4) is 0 Å². The highest BCUT2D eigenvalue weighted by Gasteiger charge is 2.31. The van der Waals surface area contributed by atoms with Crippen molar-refractivity contribution in [2.24, 2.45) is 11.8 Å². The van der Waals surface area contributed by atoms with Crippen molar-refractivity contribution in [1.82, 2.24) is 14.7 Å². The number of amides is 2. The first-order valence-electron chi connectivity index (χ1n) is 11.2. The summed E-state index contributed by atoms with van der Waals surface area (Å²) >= 11 is 0. The molecule has 2 aliphatic rings. The van der Waals surface area contributed by atoms with Gasteiger partial charge in [0.25, 0.3) is 5.91 Å². The summed E-state index contributed by atoms with van der Waals surface area (Å²) in [5.74, 6) is 1.25. The number of aryl methyl sites for hydroxylation is 1. The minimum atomic E-state index is -0.212. The molecule has 3 aromatic rings. The van der Waals surface area contributed by atoms with Gasteiger partial charge in [-0.25, -0.2) is 4.68 Å². The van der Waals surface area contributed by atoms with Crippen molar-refractivity contribution in [3.05, 3.63) is 59.8 Å². The number of anilines is 1. The Morgan fingerprint density at radius 1 is 1.10 bits per heavy atom. The van der Waals surface area contributed by atoms with Crippen molar-refractivity contribution in [2.45, 2.75) is 39.2 Å². The van der Waals surface area contributed by atoms with Gasteiger partial charge in [-0.3, -0.25) is 9.59 Å². The molecule has 1 aliphatic carbocycles. The Balaban J connectivity index is 1.30. The van der Waals surface area contributed by atoms with Crippen molar-refractivity contribution in [2.75, 3.05) is 18.4 Å². The number of nitrogens with zero attached hydrogens (tertiary/aromatic N) is 3. The van der Waals surface area contributed by atoms with Crippen molar-refractivity contribution in [3.8, 4) is 0 Å². The maximum absolute atomic E-state index is 13.3. The first-order valence-corrected chi connectivity index (χ1v) is 11.2. The number of rotatable bonds is 5. The number of hydrogen-bond acceptors (Lipinski definition) is 3. The lowest BCUT2D eigenvalue weighted by molar-refractivity contribution is -0.121. The molecule has 1 N–H and O–H groups in total. The third kappa shape index (κ3) is 4.07. The zero-order valence-corrected chi connectivity index (χ0v) is 17.9. The molecule has 1 aliphatic heterocycles. The van der Waals surface area contributed by atoms with Gasteiger partial charge < -0.3 is 10.2 Å². The molecule has 1 atom stereocenters. The molecule has 2 aromatic carbocycles. The van der Waals surface area contributed by atoms with Gasteiger partial charge in [0.2, 0.25) is 5.91 Å². The summed E-state index contributed by atoms with van der Waals surface area (Å²) in [6, 6.07) is 13.8. The van der Waals surface area contributed by atoms with Crippen LogP contribution in [-0.4, -0.2) is 39.6 Å². The summed E-state index contributed by atoms with van der Waals surface area (Å²) < 4.78 is 1.92. The molecule has 6 heteroatoms. The lowest BCUT2D eigenvalue weighted by Gasteiger charge is -2.32. The van der Waals surface area contributed by atoms with Gasteiger partial charge in [0.1, 0.15) is 5.82 Å². The van der Waals surface area contributed by atoms with E-state index in [2.05, 4.69) is 10.4 Å². The van der Waals surface area contributed by atoms with Crippen molar-refractivity contribution >= 4 is 28.4 Å². The van der Waals surface area contributed by atoms with E-state index in [-0.39, 0.29) is 17.7 Å². The van der Waals surface area contributed by atoms with Gasteiger partial charge in [0.05, 0.1) is 12.1 Å². The molecular formula is C25H28N4O2. The number of carbonyl (C=O) groups excluding carboxylic acids is 2. The van der Waals surface area contributed by atoms with Crippen LogP contribution in [0.5, 0.6) is 0 Å². The molecule has 2 amide bonds. The minimum absolute atomic E-state index is 0.00394. The first-order chi connectivity index (χ1) is 15.1. The lowest BCUT2D eigenvalue weighted by Crippen LogP contribution is -2.44. The Labute approximate surface area is 182 Å². The van der Waals surface area contributed by atoms with Gasteiger partial charge in [-0.05, 0) is 55.4 Å². The summed E-state index contributed by atoms with van der Waals surface area (Å²) in [6.07, 6.45) is 5.91. The first kappa shape index (κ1) is 19.8. The van der Waals surface area contributed by atoms with Gasteiger partial charge in [-0.1, -0.05) is 36.4 Å². The molecule has 0 radical (unpaired) electrons. The maximum Gasteiger partial charge on any atom is 0.254 e. The number of aromatic nitrogens is 2. The normalized spacial score (nSPS) is 18.9. The van der Waals surface area contributed by atoms with E-state index in [0.29, 0.717) is 24.6 Å². The summed E-state index contributed by atoms with van der Waals surface area (Å²) in [6.45, 7) is 3.97. The molecule has 5 rings (SSSR count). The smallest absolute Gasteiger partial charge is 0.254 e. The zero-order chi connectivity index (χ0) is 21.4. The number of benzene rings is 2. The van der Waals surface area contributed by atoms with Crippen LogP contribution in [0.15, 0.2) is 48.7 Å². The van der Waals surface area contributed by atoms with Crippen LogP contribution in [0, 0.1) is 18.8 Å². The number of likely N-dealkylation sites (tertiary alicyclic amines) is 1. The maximum atomic E-state index is 13.3. The Kier molecular flexibility index (Phi) is 5.22. The van der Waals surface area contributed by atoms with E-state index in [1.807, 2.05) is 65.2 Å². The topological polar surface area (TPSA) is 67.2 Å². The van der Waals surface area contributed by atoms with E-state index in [0.717, 1.165) is 41.5 Å². The molecule has 2 heterocycles. The lowest BCUT2D eigenvalue weighted by atomic mass is 9.95. The Morgan fingerprint density at radius 2 is 1.90 bits per heavy atom. The standard InChI is InChI=1S/C25H28N4O2/c1-17-14-26-29(15-18-11-12-18)23(17)27-24(30)20-8-5-13-28(16-20)25(31)22-10-4-7-19-6-2-3-9-21(19)22/h2-4,6-7,9-10,14,18,20H,5,8,11-13,15-16H2,1H3,(H,27,30). The summed E-state index contributed by atoms with van der Waals surface area (Å²) in [4.78, 5) is 28.3. The van der Waals surface area contributed by atoms with Crippen LogP contribution in [0.4, 0.5) is 5.82 Å². The predicted molar refractivity (Wildman–Crippen MR) is 121 cm³/mol. The van der Waals surface area contributed by atoms with E-state index in [9.17, 15) is 9.59 Å². The summed E-state index contributed by atoms with van der Waals surface area (Å²) in [7, 11) is 0. The van der Waals surface area contributed by atoms with Crippen LogP contribution in [0.1, 0.15) is 41.6 Å². The number of piperidine rings is 1. The minimum Gasteiger partial charge on any atom is -0.338 e. The third-order valence-corrected chi connectivity index (χ3v) is 6.49. The van der Waals surface area contributed by atoms with Crippen molar-refractivity contribution in [3.63, 3.8) is 0 Å². The molecule has 31 heavy (non-hydrogen) atoms. The summed E-state index contributed by atoms with van der Waals surface area (Å²) in [5.41, 5.74) is 1.69. The average Bonchev–Trinajstić information content (AvgIpc) is 3.57. The van der Waals surface area contributed by atoms with E-state index >= 15 is 0 Å². The average molecular weight is 417 g/mol. The highest BCUT2D eigenvalue weighted by molar-refractivity contribution is 6.07. The second kappa shape index (κ2) is 8.17. The largest absolute Gasteiger partial charge is 0.338 e. The molecule has 0 bridgehead atoms. The number of carbonyl (C=O) groups is 2. The van der Waals surface area contributed by atoms with Crippen LogP contribution in [0.25, 0.3) is 10.8 Å². The van der Waals surface area contributed by atoms with E-state index in [1.54, 1.807) is 0 Å². The molecule has 0 spiro atoms. The van der Waals surface area contributed by atoms with Crippen LogP contribution < -0.4 is 5.32 Å². The fourth-order valence-electron chi connectivity index (χ4n) is 4.50. The number of nitrogens with one attached hydrogen (secondary N) is 1. The Bertz CT molecular complexity index is 1130.